The molecular weight excluding hydrogens is 246 g/mol. The molecule has 0 aromatic carbocycles. The van der Waals surface area contributed by atoms with Gasteiger partial charge >= 0.3 is 0 Å². The van der Waals surface area contributed by atoms with E-state index in [0.717, 1.165) is 24.7 Å². The molecule has 1 saturated heterocycles. The lowest BCUT2D eigenvalue weighted by Gasteiger charge is -2.37. The summed E-state index contributed by atoms with van der Waals surface area (Å²) in [5, 5.41) is 0. The fourth-order valence-corrected chi connectivity index (χ4v) is 1.80. The first kappa shape index (κ1) is 17.8. The molecule has 0 bridgehead atoms. The third-order valence-electron chi connectivity index (χ3n) is 3.21. The fraction of sp³-hybridized carbons (Fsp3) is 0.714. The first-order valence-electron chi connectivity index (χ1n) is 5.89. The minimum Gasteiger partial charge on any atom is -0.384 e. The summed E-state index contributed by atoms with van der Waals surface area (Å²) in [7, 11) is 3.22. The van der Waals surface area contributed by atoms with E-state index in [1.807, 2.05) is 0 Å². The molecule has 0 spiro atoms. The van der Waals surface area contributed by atoms with Crippen molar-refractivity contribution in [3.63, 3.8) is 0 Å². The normalized spacial score (nSPS) is 20.6. The van der Waals surface area contributed by atoms with E-state index in [1.54, 1.807) is 21.0 Å². The van der Waals surface area contributed by atoms with Crippen molar-refractivity contribution in [3.05, 3.63) is 11.1 Å². The number of hydrogen-bond acceptors (Lipinski definition) is 4. The van der Waals surface area contributed by atoms with Gasteiger partial charge in [0, 0.05) is 30.7 Å². The van der Waals surface area contributed by atoms with Crippen molar-refractivity contribution in [1.29, 1.82) is 0 Å². The fourth-order valence-electron chi connectivity index (χ4n) is 1.80. The van der Waals surface area contributed by atoms with Crippen molar-refractivity contribution in [2.75, 3.05) is 34.0 Å². The Kier molecular flexibility index (Phi) is 6.39. The molecule has 0 aliphatic carbocycles. The lowest BCUT2D eigenvalue weighted by Crippen LogP contribution is -2.43. The third kappa shape index (κ3) is 3.88. The second kappa shape index (κ2) is 6.82. The molecule has 110 valence electrons. The van der Waals surface area contributed by atoms with Gasteiger partial charge in [0.15, 0.2) is 0 Å². The predicted molar refractivity (Wildman–Crippen MR) is 73.7 cm³/mol. The zero-order valence-electron chi connectivity index (χ0n) is 11.7. The van der Waals surface area contributed by atoms with E-state index in [9.17, 15) is 9.59 Å². The molecule has 5 nitrogen and oxygen atoms in total. The van der Waals surface area contributed by atoms with E-state index >= 15 is 0 Å². The smallest absolute Gasteiger partial charge is 0.256 e. The summed E-state index contributed by atoms with van der Waals surface area (Å²) in [5.74, 6) is -0.356. The topological polar surface area (TPSA) is 55.8 Å². The van der Waals surface area contributed by atoms with E-state index in [2.05, 4.69) is 6.92 Å². The zero-order chi connectivity index (χ0) is 13.9. The van der Waals surface area contributed by atoms with Crippen LogP contribution in [0.25, 0.3) is 0 Å². The van der Waals surface area contributed by atoms with Crippen LogP contribution in [-0.4, -0.2) is 50.7 Å². The van der Waals surface area contributed by atoms with Crippen LogP contribution in [0.15, 0.2) is 11.1 Å². The number of nitrogens with zero attached hydrogens (tertiary/aromatic N) is 1. The van der Waals surface area contributed by atoms with Gasteiger partial charge < -0.3 is 9.47 Å². The summed E-state index contributed by atoms with van der Waals surface area (Å²) in [6, 6.07) is 0. The molecule has 0 radical (unpaired) electrons. The number of methoxy groups -OCH3 is 1. The molecule has 0 unspecified atom stereocenters. The number of rotatable bonds is 2. The number of imide groups is 1. The lowest BCUT2D eigenvalue weighted by atomic mass is 9.90. The maximum Gasteiger partial charge on any atom is 0.256 e. The number of likely N-dealkylation sites (N-methyl/N-ethyl adjacent to an activating group) is 1. The highest BCUT2D eigenvalue weighted by Crippen LogP contribution is 2.25. The van der Waals surface area contributed by atoms with Crippen molar-refractivity contribution in [2.45, 2.75) is 28.2 Å². The molecule has 0 N–H and O–H groups in total. The quantitative estimate of drug-likeness (QED) is 0.716. The van der Waals surface area contributed by atoms with Gasteiger partial charge in [-0.25, -0.2) is 0 Å². The lowest BCUT2D eigenvalue weighted by molar-refractivity contribution is -0.135. The number of ether oxygens (including phenoxy) is 2. The van der Waals surface area contributed by atoms with Gasteiger partial charge in [0.25, 0.3) is 11.8 Å². The molecule has 1 fully saturated rings. The summed E-state index contributed by atoms with van der Waals surface area (Å²) < 4.78 is 9.98. The summed E-state index contributed by atoms with van der Waals surface area (Å²) in [5.41, 5.74) is 1.45. The molecule has 0 aromatic rings. The Hall–Kier alpha value is -1.20. The zero-order valence-corrected chi connectivity index (χ0v) is 11.7. The maximum absolute atomic E-state index is 11.0. The van der Waals surface area contributed by atoms with Crippen LogP contribution in [0.2, 0.25) is 0 Å². The number of carbonyl (C=O) groups is 2. The molecule has 2 amide bonds. The van der Waals surface area contributed by atoms with Gasteiger partial charge in [0.05, 0.1) is 19.8 Å². The maximum atomic E-state index is 11.0. The van der Waals surface area contributed by atoms with Gasteiger partial charge in [0.2, 0.25) is 0 Å². The number of amides is 2. The van der Waals surface area contributed by atoms with E-state index in [0.29, 0.717) is 16.6 Å². The summed E-state index contributed by atoms with van der Waals surface area (Å²) >= 11 is 0. The highest BCUT2D eigenvalue weighted by atomic mass is 16.5. The third-order valence-corrected chi connectivity index (χ3v) is 3.21. The van der Waals surface area contributed by atoms with Crippen molar-refractivity contribution in [3.8, 4) is 0 Å². The molecule has 0 saturated carbocycles. The van der Waals surface area contributed by atoms with Gasteiger partial charge in [-0.1, -0.05) is 14.4 Å². The van der Waals surface area contributed by atoms with Gasteiger partial charge in [-0.15, -0.1) is 0 Å². The largest absolute Gasteiger partial charge is 0.384 e. The van der Waals surface area contributed by atoms with Crippen LogP contribution in [0, 0.1) is 5.41 Å². The Bertz CT molecular complexity index is 359. The predicted octanol–water partition coefficient (Wildman–Crippen LogP) is 1.63. The molecule has 19 heavy (non-hydrogen) atoms. The second-order valence-electron chi connectivity index (χ2n) is 5.16. The molecular formula is C14H25NO4. The Morgan fingerprint density at radius 3 is 1.74 bits per heavy atom. The Morgan fingerprint density at radius 1 is 1.21 bits per heavy atom. The van der Waals surface area contributed by atoms with E-state index in [4.69, 9.17) is 9.47 Å². The molecule has 2 heterocycles. The van der Waals surface area contributed by atoms with E-state index < -0.39 is 0 Å². The Balaban J connectivity index is 0.000000331. The van der Waals surface area contributed by atoms with Crippen LogP contribution in [0.3, 0.4) is 0 Å². The average molecular weight is 271 g/mol. The van der Waals surface area contributed by atoms with Crippen LogP contribution in [0.1, 0.15) is 28.2 Å². The monoisotopic (exact) mass is 271 g/mol. The van der Waals surface area contributed by atoms with Crippen molar-refractivity contribution < 1.29 is 19.1 Å². The summed E-state index contributed by atoms with van der Waals surface area (Å²) in [4.78, 5) is 23.1. The minimum absolute atomic E-state index is 0. The standard InChI is InChI=1S/C7H9NO2.C6H12O2.CH4/c1-4-5(2)7(10)8(3)6(4)9;1-6(3-7-2)4-8-5-6;/h1-3H3;3-5H2,1-2H3;1H4. The van der Waals surface area contributed by atoms with Crippen LogP contribution >= 0.6 is 0 Å². The van der Waals surface area contributed by atoms with Gasteiger partial charge in [-0.3, -0.25) is 14.5 Å². The van der Waals surface area contributed by atoms with Crippen LogP contribution < -0.4 is 0 Å². The first-order chi connectivity index (χ1) is 8.32. The minimum atomic E-state index is -0.178. The molecule has 5 heteroatoms. The van der Waals surface area contributed by atoms with Gasteiger partial charge in [-0.05, 0) is 13.8 Å². The van der Waals surface area contributed by atoms with Crippen molar-refractivity contribution >= 4 is 11.8 Å². The molecule has 2 aliphatic heterocycles. The van der Waals surface area contributed by atoms with E-state index in [1.165, 1.54) is 7.05 Å². The Morgan fingerprint density at radius 2 is 1.63 bits per heavy atom. The molecule has 0 aromatic heterocycles. The Labute approximate surface area is 115 Å². The molecule has 2 rings (SSSR count). The van der Waals surface area contributed by atoms with Crippen molar-refractivity contribution in [2.24, 2.45) is 5.41 Å². The SMILES string of the molecule is C.CC1=C(C)C(=O)N(C)C1=O.COCC1(C)COC1. The summed E-state index contributed by atoms with van der Waals surface area (Å²) in [6.45, 7) is 8.05. The highest BCUT2D eigenvalue weighted by Gasteiger charge is 2.32. The molecule has 0 atom stereocenters. The second-order valence-corrected chi connectivity index (χ2v) is 5.16. The first-order valence-corrected chi connectivity index (χ1v) is 5.89. The summed E-state index contributed by atoms with van der Waals surface area (Å²) in [6.07, 6.45) is 0. The number of carbonyl (C=O) groups excluding carboxylic acids is 2. The number of hydrogen-bond donors (Lipinski definition) is 0. The van der Waals surface area contributed by atoms with Crippen LogP contribution in [0.5, 0.6) is 0 Å². The van der Waals surface area contributed by atoms with E-state index in [-0.39, 0.29) is 19.2 Å². The van der Waals surface area contributed by atoms with Crippen LogP contribution in [0.4, 0.5) is 0 Å². The highest BCUT2D eigenvalue weighted by molar-refractivity contribution is 6.18. The average Bonchev–Trinajstić information content (AvgIpc) is 2.47. The van der Waals surface area contributed by atoms with Crippen LogP contribution in [-0.2, 0) is 19.1 Å². The molecule has 2 aliphatic rings. The van der Waals surface area contributed by atoms with Gasteiger partial charge in [0.1, 0.15) is 0 Å². The van der Waals surface area contributed by atoms with Gasteiger partial charge in [-0.2, -0.15) is 0 Å². The van der Waals surface area contributed by atoms with Crippen molar-refractivity contribution in [1.82, 2.24) is 4.90 Å².